The van der Waals surface area contributed by atoms with E-state index in [2.05, 4.69) is 0 Å². The van der Waals surface area contributed by atoms with Gasteiger partial charge >= 0.3 is 0 Å². The molecule has 0 bridgehead atoms. The number of imide groups is 1. The minimum atomic E-state index is -0.623. The van der Waals surface area contributed by atoms with Crippen LogP contribution in [0.1, 0.15) is 32.6 Å². The molecule has 0 atom stereocenters. The van der Waals surface area contributed by atoms with Gasteiger partial charge in [0, 0.05) is 11.6 Å². The Morgan fingerprint density at radius 2 is 2.00 bits per heavy atom. The zero-order chi connectivity index (χ0) is 11.1. The lowest BCUT2D eigenvalue weighted by molar-refractivity contribution is -0.146. The molecule has 4 heteroatoms. The maximum absolute atomic E-state index is 11.8. The van der Waals surface area contributed by atoms with E-state index < -0.39 is 5.54 Å². The Kier molecular flexibility index (Phi) is 2.38. The summed E-state index contributed by atoms with van der Waals surface area (Å²) in [6.45, 7) is 1.52. The summed E-state index contributed by atoms with van der Waals surface area (Å²) in [7, 11) is 0. The molecule has 0 unspecified atom stereocenters. The molecule has 1 saturated carbocycles. The molecule has 0 aromatic carbocycles. The van der Waals surface area contributed by atoms with E-state index in [9.17, 15) is 14.7 Å². The van der Waals surface area contributed by atoms with Crippen molar-refractivity contribution in [1.29, 1.82) is 0 Å². The van der Waals surface area contributed by atoms with E-state index in [1.54, 1.807) is 6.92 Å². The van der Waals surface area contributed by atoms with Crippen LogP contribution in [-0.4, -0.2) is 34.0 Å². The van der Waals surface area contributed by atoms with Crippen molar-refractivity contribution in [3.63, 3.8) is 0 Å². The second-order valence-electron chi connectivity index (χ2n) is 4.40. The van der Waals surface area contributed by atoms with E-state index >= 15 is 0 Å². The lowest BCUT2D eigenvalue weighted by atomic mass is 9.96. The molecular formula is C11H15NO3. The second-order valence-corrected chi connectivity index (χ2v) is 4.40. The van der Waals surface area contributed by atoms with Crippen LogP contribution in [0.15, 0.2) is 11.6 Å². The smallest absolute Gasteiger partial charge is 0.257 e. The third-order valence-corrected chi connectivity index (χ3v) is 3.40. The first-order valence-corrected chi connectivity index (χ1v) is 5.28. The Morgan fingerprint density at radius 3 is 2.40 bits per heavy atom. The number of carbonyl (C=O) groups is 2. The van der Waals surface area contributed by atoms with Crippen molar-refractivity contribution in [2.75, 3.05) is 6.61 Å². The van der Waals surface area contributed by atoms with Crippen molar-refractivity contribution < 1.29 is 14.7 Å². The fourth-order valence-corrected chi connectivity index (χ4v) is 2.52. The first kappa shape index (κ1) is 10.4. The molecule has 1 aliphatic heterocycles. The van der Waals surface area contributed by atoms with Gasteiger partial charge in [-0.1, -0.05) is 12.8 Å². The molecule has 0 aromatic rings. The molecule has 1 aliphatic carbocycles. The average molecular weight is 209 g/mol. The lowest BCUT2D eigenvalue weighted by Gasteiger charge is -2.35. The normalized spacial score (nSPS) is 24.9. The van der Waals surface area contributed by atoms with E-state index in [0.29, 0.717) is 5.57 Å². The summed E-state index contributed by atoms with van der Waals surface area (Å²) in [4.78, 5) is 24.7. The molecule has 1 N–H and O–H groups in total. The van der Waals surface area contributed by atoms with Gasteiger partial charge in [-0.15, -0.1) is 0 Å². The van der Waals surface area contributed by atoms with Crippen LogP contribution in [-0.2, 0) is 9.59 Å². The predicted octanol–water partition coefficient (Wildman–Crippen LogP) is 0.607. The molecule has 0 aromatic heterocycles. The van der Waals surface area contributed by atoms with Crippen molar-refractivity contribution in [2.24, 2.45) is 0 Å². The Balaban J connectivity index is 2.31. The van der Waals surface area contributed by atoms with Gasteiger partial charge in [0.05, 0.1) is 12.1 Å². The van der Waals surface area contributed by atoms with E-state index in [-0.39, 0.29) is 18.4 Å². The van der Waals surface area contributed by atoms with Gasteiger partial charge in [0.1, 0.15) is 0 Å². The van der Waals surface area contributed by atoms with E-state index in [1.807, 2.05) is 0 Å². The number of carbonyl (C=O) groups excluding carboxylic acids is 2. The van der Waals surface area contributed by atoms with Crippen LogP contribution in [0.5, 0.6) is 0 Å². The largest absolute Gasteiger partial charge is 0.394 e. The number of amides is 2. The van der Waals surface area contributed by atoms with Crippen molar-refractivity contribution in [3.8, 4) is 0 Å². The first-order chi connectivity index (χ1) is 7.10. The Morgan fingerprint density at radius 1 is 1.40 bits per heavy atom. The maximum Gasteiger partial charge on any atom is 0.257 e. The summed E-state index contributed by atoms with van der Waals surface area (Å²) >= 11 is 0. The Bertz CT molecular complexity index is 340. The zero-order valence-corrected chi connectivity index (χ0v) is 8.82. The van der Waals surface area contributed by atoms with Gasteiger partial charge in [-0.25, -0.2) is 0 Å². The van der Waals surface area contributed by atoms with Crippen molar-refractivity contribution >= 4 is 11.8 Å². The molecule has 2 amide bonds. The maximum atomic E-state index is 11.8. The molecule has 2 rings (SSSR count). The Labute approximate surface area is 88.6 Å². The van der Waals surface area contributed by atoms with Gasteiger partial charge in [-0.2, -0.15) is 0 Å². The second kappa shape index (κ2) is 3.45. The highest BCUT2D eigenvalue weighted by Crippen LogP contribution is 2.37. The summed E-state index contributed by atoms with van der Waals surface area (Å²) < 4.78 is 0. The van der Waals surface area contributed by atoms with Crippen molar-refractivity contribution in [2.45, 2.75) is 38.1 Å². The van der Waals surface area contributed by atoms with Crippen LogP contribution in [0.4, 0.5) is 0 Å². The summed E-state index contributed by atoms with van der Waals surface area (Å²) in [6.07, 6.45) is 4.75. The fraction of sp³-hybridized carbons (Fsp3) is 0.636. The van der Waals surface area contributed by atoms with Gasteiger partial charge in [0.15, 0.2) is 0 Å². The van der Waals surface area contributed by atoms with Gasteiger partial charge in [0.25, 0.3) is 11.8 Å². The number of aliphatic hydroxyl groups is 1. The molecule has 0 saturated heterocycles. The topological polar surface area (TPSA) is 57.6 Å². The van der Waals surface area contributed by atoms with E-state index in [1.165, 1.54) is 11.0 Å². The molecule has 1 fully saturated rings. The SMILES string of the molecule is CC1=CC(=O)N(C2(CO)CCCC2)C1=O. The molecular weight excluding hydrogens is 194 g/mol. The monoisotopic (exact) mass is 209 g/mol. The summed E-state index contributed by atoms with van der Waals surface area (Å²) in [5.74, 6) is -0.510. The molecule has 0 radical (unpaired) electrons. The van der Waals surface area contributed by atoms with Crippen LogP contribution in [0.2, 0.25) is 0 Å². The quantitative estimate of drug-likeness (QED) is 0.678. The van der Waals surface area contributed by atoms with Gasteiger partial charge in [0.2, 0.25) is 0 Å². The molecule has 15 heavy (non-hydrogen) atoms. The van der Waals surface area contributed by atoms with Crippen LogP contribution in [0.25, 0.3) is 0 Å². The lowest BCUT2D eigenvalue weighted by Crippen LogP contribution is -2.53. The third-order valence-electron chi connectivity index (χ3n) is 3.40. The summed E-state index contributed by atoms with van der Waals surface area (Å²) in [5.41, 5.74) is -0.151. The highest BCUT2D eigenvalue weighted by Gasteiger charge is 2.47. The van der Waals surface area contributed by atoms with Crippen LogP contribution in [0, 0.1) is 0 Å². The zero-order valence-electron chi connectivity index (χ0n) is 8.82. The van der Waals surface area contributed by atoms with E-state index in [0.717, 1.165) is 25.7 Å². The van der Waals surface area contributed by atoms with Gasteiger partial charge in [-0.3, -0.25) is 14.5 Å². The minimum absolute atomic E-state index is 0.119. The first-order valence-electron chi connectivity index (χ1n) is 5.28. The van der Waals surface area contributed by atoms with Crippen LogP contribution < -0.4 is 0 Å². The van der Waals surface area contributed by atoms with Gasteiger partial charge < -0.3 is 5.11 Å². The average Bonchev–Trinajstić information content (AvgIpc) is 2.75. The third kappa shape index (κ3) is 1.40. The highest BCUT2D eigenvalue weighted by molar-refractivity contribution is 6.16. The fourth-order valence-electron chi connectivity index (χ4n) is 2.52. The predicted molar refractivity (Wildman–Crippen MR) is 53.9 cm³/mol. The molecule has 2 aliphatic rings. The summed E-state index contributed by atoms with van der Waals surface area (Å²) in [5, 5.41) is 9.43. The van der Waals surface area contributed by atoms with Crippen molar-refractivity contribution in [3.05, 3.63) is 11.6 Å². The van der Waals surface area contributed by atoms with Crippen LogP contribution >= 0.6 is 0 Å². The van der Waals surface area contributed by atoms with E-state index in [4.69, 9.17) is 0 Å². The minimum Gasteiger partial charge on any atom is -0.394 e. The Hall–Kier alpha value is -1.16. The number of aliphatic hydroxyl groups excluding tert-OH is 1. The molecule has 82 valence electrons. The molecule has 1 heterocycles. The van der Waals surface area contributed by atoms with Crippen molar-refractivity contribution in [1.82, 2.24) is 4.90 Å². The molecule has 0 spiro atoms. The molecule has 4 nitrogen and oxygen atoms in total. The van der Waals surface area contributed by atoms with Gasteiger partial charge in [-0.05, 0) is 19.8 Å². The number of nitrogens with zero attached hydrogens (tertiary/aromatic N) is 1. The number of hydrogen-bond donors (Lipinski definition) is 1. The summed E-state index contributed by atoms with van der Waals surface area (Å²) in [6, 6.07) is 0. The highest BCUT2D eigenvalue weighted by atomic mass is 16.3. The number of rotatable bonds is 2. The van der Waals surface area contributed by atoms with Crippen LogP contribution in [0.3, 0.4) is 0 Å². The number of hydrogen-bond acceptors (Lipinski definition) is 3. The standard InChI is InChI=1S/C11H15NO3/c1-8-6-9(14)12(10(8)15)11(7-13)4-2-3-5-11/h6,13H,2-5,7H2,1H3.